The van der Waals surface area contributed by atoms with Gasteiger partial charge in [-0.05, 0) is 12.1 Å². The van der Waals surface area contributed by atoms with Gasteiger partial charge in [-0.25, -0.2) is 9.67 Å². The van der Waals surface area contributed by atoms with E-state index in [4.69, 9.17) is 0 Å². The van der Waals surface area contributed by atoms with Crippen LogP contribution >= 0.6 is 11.3 Å². The highest BCUT2D eigenvalue weighted by Crippen LogP contribution is 2.07. The van der Waals surface area contributed by atoms with Gasteiger partial charge in [-0.15, -0.1) is 11.3 Å². The maximum absolute atomic E-state index is 4.38. The van der Waals surface area contributed by atoms with Crippen molar-refractivity contribution in [2.75, 3.05) is 6.54 Å². The van der Waals surface area contributed by atoms with Crippen LogP contribution in [0.1, 0.15) is 10.6 Å². The average Bonchev–Trinajstić information content (AvgIpc) is 3.16. The van der Waals surface area contributed by atoms with Gasteiger partial charge in [0.05, 0.1) is 16.9 Å². The van der Waals surface area contributed by atoms with Crippen LogP contribution in [0.25, 0.3) is 5.69 Å². The Bertz CT molecular complexity index is 631. The summed E-state index contributed by atoms with van der Waals surface area (Å²) < 4.78 is 1.90. The third kappa shape index (κ3) is 3.31. The Morgan fingerprint density at radius 2 is 2.10 bits per heavy atom. The molecular weight excluding hydrogens is 268 g/mol. The molecule has 1 aromatic carbocycles. The first kappa shape index (κ1) is 13.0. The Labute approximate surface area is 122 Å². The molecule has 20 heavy (non-hydrogen) atoms. The highest BCUT2D eigenvalue weighted by atomic mass is 32.1. The minimum absolute atomic E-state index is 0.832. The number of aromatic nitrogens is 3. The van der Waals surface area contributed by atoms with Gasteiger partial charge in [0.15, 0.2) is 0 Å². The normalized spacial score (nSPS) is 10.8. The first-order valence-corrected chi connectivity index (χ1v) is 7.48. The first-order chi connectivity index (χ1) is 9.92. The maximum atomic E-state index is 4.38. The quantitative estimate of drug-likeness (QED) is 0.708. The van der Waals surface area contributed by atoms with Crippen LogP contribution in [0.4, 0.5) is 0 Å². The first-order valence-electron chi connectivity index (χ1n) is 6.60. The fourth-order valence-electron chi connectivity index (χ4n) is 1.98. The van der Waals surface area contributed by atoms with Crippen LogP contribution in [-0.2, 0) is 13.0 Å². The molecule has 0 atom stereocenters. The van der Waals surface area contributed by atoms with E-state index in [2.05, 4.69) is 21.6 Å². The standard InChI is InChI=1S/C15H16N4S/c1-2-4-14(5-3-1)19-12-13(11-18-19)10-16-7-6-15-17-8-9-20-15/h1-5,8-9,11-12,16H,6-7,10H2. The highest BCUT2D eigenvalue weighted by molar-refractivity contribution is 7.09. The minimum Gasteiger partial charge on any atom is -0.312 e. The lowest BCUT2D eigenvalue weighted by atomic mass is 10.3. The number of hydrogen-bond acceptors (Lipinski definition) is 4. The summed E-state index contributed by atoms with van der Waals surface area (Å²) in [7, 11) is 0. The van der Waals surface area contributed by atoms with Crippen molar-refractivity contribution < 1.29 is 0 Å². The molecule has 0 radical (unpaired) electrons. The molecular formula is C15H16N4S. The van der Waals surface area contributed by atoms with Crippen LogP contribution in [0.3, 0.4) is 0 Å². The predicted octanol–water partition coefficient (Wildman–Crippen LogP) is 2.66. The summed E-state index contributed by atoms with van der Waals surface area (Å²) in [5, 5.41) is 11.0. The van der Waals surface area contributed by atoms with Crippen LogP contribution in [0, 0.1) is 0 Å². The molecule has 0 fully saturated rings. The van der Waals surface area contributed by atoms with E-state index in [-0.39, 0.29) is 0 Å². The summed E-state index contributed by atoms with van der Waals surface area (Å²) in [5.74, 6) is 0. The lowest BCUT2D eigenvalue weighted by molar-refractivity contribution is 0.685. The van der Waals surface area contributed by atoms with E-state index in [0.717, 1.165) is 25.2 Å². The third-order valence-corrected chi connectivity index (χ3v) is 3.82. The van der Waals surface area contributed by atoms with Crippen LogP contribution in [0.15, 0.2) is 54.3 Å². The zero-order valence-electron chi connectivity index (χ0n) is 11.1. The van der Waals surface area contributed by atoms with Crippen LogP contribution in [0.2, 0.25) is 0 Å². The minimum atomic E-state index is 0.832. The molecule has 0 aliphatic heterocycles. The van der Waals surface area contributed by atoms with E-state index in [1.165, 1.54) is 10.6 Å². The molecule has 0 saturated carbocycles. The van der Waals surface area contributed by atoms with Gasteiger partial charge in [0.1, 0.15) is 0 Å². The molecule has 3 aromatic rings. The lowest BCUT2D eigenvalue weighted by Gasteiger charge is -2.01. The van der Waals surface area contributed by atoms with Gasteiger partial charge in [0.2, 0.25) is 0 Å². The number of nitrogens with one attached hydrogen (secondary N) is 1. The molecule has 2 aromatic heterocycles. The van der Waals surface area contributed by atoms with Gasteiger partial charge < -0.3 is 5.32 Å². The molecule has 4 nitrogen and oxygen atoms in total. The van der Waals surface area contributed by atoms with Crippen molar-refractivity contribution in [2.45, 2.75) is 13.0 Å². The molecule has 5 heteroatoms. The van der Waals surface area contributed by atoms with Crippen LogP contribution in [-0.4, -0.2) is 21.3 Å². The van der Waals surface area contributed by atoms with Crippen LogP contribution in [0.5, 0.6) is 0 Å². The molecule has 0 aliphatic carbocycles. The topological polar surface area (TPSA) is 42.7 Å². The predicted molar refractivity (Wildman–Crippen MR) is 81.1 cm³/mol. The molecule has 102 valence electrons. The molecule has 2 heterocycles. The van der Waals surface area contributed by atoms with E-state index in [9.17, 15) is 0 Å². The Kier molecular flexibility index (Phi) is 4.20. The molecule has 3 rings (SSSR count). The van der Waals surface area contributed by atoms with Gasteiger partial charge in [0.25, 0.3) is 0 Å². The van der Waals surface area contributed by atoms with E-state index in [0.29, 0.717) is 0 Å². The fraction of sp³-hybridized carbons (Fsp3) is 0.200. The van der Waals surface area contributed by atoms with Crippen molar-refractivity contribution in [3.63, 3.8) is 0 Å². The van der Waals surface area contributed by atoms with E-state index in [1.54, 1.807) is 11.3 Å². The highest BCUT2D eigenvalue weighted by Gasteiger charge is 2.00. The summed E-state index contributed by atoms with van der Waals surface area (Å²) in [5.41, 5.74) is 2.27. The zero-order chi connectivity index (χ0) is 13.6. The molecule has 1 N–H and O–H groups in total. The fourth-order valence-corrected chi connectivity index (χ4v) is 2.60. The summed E-state index contributed by atoms with van der Waals surface area (Å²) in [6.45, 7) is 1.77. The lowest BCUT2D eigenvalue weighted by Crippen LogP contribution is -2.16. The van der Waals surface area contributed by atoms with Crippen LogP contribution < -0.4 is 5.32 Å². The van der Waals surface area contributed by atoms with Gasteiger partial charge in [-0.1, -0.05) is 18.2 Å². The Morgan fingerprint density at radius 3 is 2.90 bits per heavy atom. The molecule has 0 aliphatic rings. The van der Waals surface area contributed by atoms with Crippen molar-refractivity contribution in [1.82, 2.24) is 20.1 Å². The molecule has 0 unspecified atom stereocenters. The van der Waals surface area contributed by atoms with E-state index in [1.807, 2.05) is 52.8 Å². The molecule has 0 amide bonds. The SMILES string of the molecule is c1ccc(-n2cc(CNCCc3nccs3)cn2)cc1. The van der Waals surface area contributed by atoms with Crippen molar-refractivity contribution in [3.8, 4) is 5.69 Å². The second-order valence-corrected chi connectivity index (χ2v) is 5.46. The monoisotopic (exact) mass is 284 g/mol. The molecule has 0 spiro atoms. The third-order valence-electron chi connectivity index (χ3n) is 2.99. The zero-order valence-corrected chi connectivity index (χ0v) is 11.9. The average molecular weight is 284 g/mol. The van der Waals surface area contributed by atoms with Gasteiger partial charge >= 0.3 is 0 Å². The largest absolute Gasteiger partial charge is 0.312 e. The second-order valence-electron chi connectivity index (χ2n) is 4.48. The van der Waals surface area contributed by atoms with Crippen molar-refractivity contribution in [1.29, 1.82) is 0 Å². The summed E-state index contributed by atoms with van der Waals surface area (Å²) in [4.78, 5) is 4.27. The number of para-hydroxylation sites is 1. The number of hydrogen-bond donors (Lipinski definition) is 1. The Balaban J connectivity index is 1.50. The van der Waals surface area contributed by atoms with Gasteiger partial charge in [-0.2, -0.15) is 5.10 Å². The van der Waals surface area contributed by atoms with Crippen molar-refractivity contribution >= 4 is 11.3 Å². The maximum Gasteiger partial charge on any atom is 0.0937 e. The smallest absolute Gasteiger partial charge is 0.0937 e. The van der Waals surface area contributed by atoms with E-state index >= 15 is 0 Å². The van der Waals surface area contributed by atoms with E-state index < -0.39 is 0 Å². The summed E-state index contributed by atoms with van der Waals surface area (Å²) in [6.07, 6.45) is 6.80. The number of nitrogens with zero attached hydrogens (tertiary/aromatic N) is 3. The van der Waals surface area contributed by atoms with Crippen molar-refractivity contribution in [3.05, 3.63) is 64.9 Å². The number of benzene rings is 1. The Hall–Kier alpha value is -1.98. The number of thiazole rings is 1. The molecule has 0 saturated heterocycles. The van der Waals surface area contributed by atoms with Gasteiger partial charge in [0, 0.05) is 42.8 Å². The Morgan fingerprint density at radius 1 is 1.20 bits per heavy atom. The summed E-state index contributed by atoms with van der Waals surface area (Å²) in [6, 6.07) is 10.1. The van der Waals surface area contributed by atoms with Gasteiger partial charge in [-0.3, -0.25) is 0 Å². The number of rotatable bonds is 6. The summed E-state index contributed by atoms with van der Waals surface area (Å²) >= 11 is 1.70. The molecule has 0 bridgehead atoms. The second kappa shape index (κ2) is 6.45. The van der Waals surface area contributed by atoms with Crippen molar-refractivity contribution in [2.24, 2.45) is 0 Å².